The van der Waals surface area contributed by atoms with Gasteiger partial charge in [0.05, 0.1) is 5.52 Å². The molecule has 0 aliphatic rings. The molecule has 2 N–H and O–H groups in total. The van der Waals surface area contributed by atoms with Crippen molar-refractivity contribution in [2.45, 2.75) is 32.4 Å². The van der Waals surface area contributed by atoms with Crippen LogP contribution in [0.15, 0.2) is 18.2 Å². The molecule has 0 radical (unpaired) electrons. The summed E-state index contributed by atoms with van der Waals surface area (Å²) in [7, 11) is -1.08. The second-order valence-corrected chi connectivity index (χ2v) is 11.7. The zero-order valence-electron chi connectivity index (χ0n) is 12.2. The minimum Gasteiger partial charge on any atom is -0.399 e. The van der Waals surface area contributed by atoms with Gasteiger partial charge in [-0.1, -0.05) is 19.6 Å². The van der Waals surface area contributed by atoms with Crippen LogP contribution in [0.3, 0.4) is 0 Å². The number of hydrogen-bond acceptors (Lipinski definition) is 4. The Kier molecular flexibility index (Phi) is 4.11. The van der Waals surface area contributed by atoms with Crippen LogP contribution in [0.1, 0.15) is 5.69 Å². The molecule has 0 spiro atoms. The zero-order chi connectivity index (χ0) is 14.8. The maximum Gasteiger partial charge on any atom is 0.170 e. The molecule has 5 nitrogen and oxygen atoms in total. The molecule has 0 unspecified atom stereocenters. The molecule has 0 atom stereocenters. The van der Waals surface area contributed by atoms with E-state index in [1.54, 1.807) is 10.7 Å². The molecular formula is C14H20N4OSi. The molecule has 0 saturated heterocycles. The Hall–Kier alpha value is -1.84. The van der Waals surface area contributed by atoms with Crippen molar-refractivity contribution in [2.24, 2.45) is 0 Å². The highest BCUT2D eigenvalue weighted by molar-refractivity contribution is 6.76. The maximum absolute atomic E-state index is 9.12. The van der Waals surface area contributed by atoms with Crippen LogP contribution in [0.2, 0.25) is 25.7 Å². The van der Waals surface area contributed by atoms with Gasteiger partial charge in [-0.15, -0.1) is 0 Å². The van der Waals surface area contributed by atoms with E-state index in [4.69, 9.17) is 15.7 Å². The van der Waals surface area contributed by atoms with Crippen LogP contribution in [-0.2, 0) is 11.5 Å². The average molecular weight is 288 g/mol. The molecule has 0 aliphatic heterocycles. The molecule has 0 amide bonds. The Morgan fingerprint density at radius 1 is 1.40 bits per heavy atom. The summed E-state index contributed by atoms with van der Waals surface area (Å²) in [5, 5.41) is 14.2. The standard InChI is InChI=1S/C14H20N4OSi/c1-20(2,3)7-6-19-10-18-14-5-4-11(16)8-12(14)13(9-15)17-18/h4-5,8H,6-7,10,16H2,1-3H3. The highest BCUT2D eigenvalue weighted by Crippen LogP contribution is 2.21. The van der Waals surface area contributed by atoms with Gasteiger partial charge in [-0.25, -0.2) is 4.68 Å². The van der Waals surface area contributed by atoms with E-state index in [2.05, 4.69) is 30.8 Å². The van der Waals surface area contributed by atoms with E-state index in [-0.39, 0.29) is 0 Å². The van der Waals surface area contributed by atoms with Gasteiger partial charge in [0.15, 0.2) is 5.69 Å². The summed E-state index contributed by atoms with van der Waals surface area (Å²) in [5.74, 6) is 0. The molecule has 1 aromatic heterocycles. The minimum absolute atomic E-state index is 0.368. The molecule has 6 heteroatoms. The second-order valence-electron chi connectivity index (χ2n) is 6.08. The van der Waals surface area contributed by atoms with Crippen LogP contribution in [0, 0.1) is 11.3 Å². The predicted molar refractivity (Wildman–Crippen MR) is 83.0 cm³/mol. The molecule has 0 fully saturated rings. The molecule has 2 aromatic rings. The number of nitrogens with zero attached hydrogens (tertiary/aromatic N) is 3. The quantitative estimate of drug-likeness (QED) is 0.521. The summed E-state index contributed by atoms with van der Waals surface area (Å²) in [6, 6.07) is 8.67. The van der Waals surface area contributed by atoms with Crippen molar-refractivity contribution in [3.05, 3.63) is 23.9 Å². The number of hydrogen-bond donors (Lipinski definition) is 1. The first kappa shape index (κ1) is 14.6. The summed E-state index contributed by atoms with van der Waals surface area (Å²) < 4.78 is 7.41. The van der Waals surface area contributed by atoms with Crippen LogP contribution in [0.5, 0.6) is 0 Å². The first-order valence-corrected chi connectivity index (χ1v) is 10.4. The minimum atomic E-state index is -1.08. The number of fused-ring (bicyclic) bond motifs is 1. The summed E-state index contributed by atoms with van der Waals surface area (Å²) in [5.41, 5.74) is 7.65. The molecule has 2 rings (SSSR count). The normalized spacial score (nSPS) is 11.7. The van der Waals surface area contributed by atoms with E-state index in [0.717, 1.165) is 23.6 Å². The van der Waals surface area contributed by atoms with Gasteiger partial charge < -0.3 is 10.5 Å². The fourth-order valence-corrected chi connectivity index (χ4v) is 2.66. The summed E-state index contributed by atoms with van der Waals surface area (Å²) in [6.07, 6.45) is 0. The molecule has 106 valence electrons. The third-order valence-electron chi connectivity index (χ3n) is 3.09. The van der Waals surface area contributed by atoms with Crippen molar-refractivity contribution in [3.63, 3.8) is 0 Å². The Morgan fingerprint density at radius 3 is 2.80 bits per heavy atom. The van der Waals surface area contributed by atoms with Gasteiger partial charge in [0.1, 0.15) is 12.8 Å². The number of benzene rings is 1. The summed E-state index contributed by atoms with van der Waals surface area (Å²) in [4.78, 5) is 0. The third-order valence-corrected chi connectivity index (χ3v) is 4.79. The van der Waals surface area contributed by atoms with E-state index in [0.29, 0.717) is 18.1 Å². The maximum atomic E-state index is 9.12. The van der Waals surface area contributed by atoms with Crippen molar-refractivity contribution in [1.29, 1.82) is 5.26 Å². The largest absolute Gasteiger partial charge is 0.399 e. The second kappa shape index (κ2) is 5.65. The molecule has 1 aromatic carbocycles. The highest BCUT2D eigenvalue weighted by Gasteiger charge is 2.13. The molecule has 20 heavy (non-hydrogen) atoms. The van der Waals surface area contributed by atoms with Crippen molar-refractivity contribution in [2.75, 3.05) is 12.3 Å². The monoisotopic (exact) mass is 288 g/mol. The molecular weight excluding hydrogens is 268 g/mol. The number of rotatable bonds is 5. The van der Waals surface area contributed by atoms with Crippen LogP contribution in [0.25, 0.3) is 10.9 Å². The highest BCUT2D eigenvalue weighted by atomic mass is 28.3. The van der Waals surface area contributed by atoms with Gasteiger partial charge in [-0.3, -0.25) is 0 Å². The van der Waals surface area contributed by atoms with Crippen molar-refractivity contribution < 1.29 is 4.74 Å². The SMILES string of the molecule is C[Si](C)(C)CCOCn1nc(C#N)c2cc(N)ccc21. The van der Waals surface area contributed by atoms with E-state index in [1.165, 1.54) is 0 Å². The average Bonchev–Trinajstić information content (AvgIpc) is 2.71. The lowest BCUT2D eigenvalue weighted by atomic mass is 10.2. The lowest BCUT2D eigenvalue weighted by molar-refractivity contribution is 0.0816. The first-order chi connectivity index (χ1) is 9.40. The number of ether oxygens (including phenoxy) is 1. The van der Waals surface area contributed by atoms with Gasteiger partial charge in [-0.2, -0.15) is 10.4 Å². The van der Waals surface area contributed by atoms with Crippen LogP contribution >= 0.6 is 0 Å². The van der Waals surface area contributed by atoms with Crippen LogP contribution in [0.4, 0.5) is 5.69 Å². The number of nitrogens with two attached hydrogens (primary N) is 1. The Morgan fingerprint density at radius 2 is 2.15 bits per heavy atom. The van der Waals surface area contributed by atoms with Gasteiger partial charge in [-0.05, 0) is 24.2 Å². The lowest BCUT2D eigenvalue weighted by Crippen LogP contribution is -2.22. The Bertz CT molecular complexity index is 651. The predicted octanol–water partition coefficient (Wildman–Crippen LogP) is 2.80. The number of anilines is 1. The topological polar surface area (TPSA) is 76.9 Å². The number of nitriles is 1. The number of aromatic nitrogens is 2. The third kappa shape index (κ3) is 3.38. The number of nitrogen functional groups attached to an aromatic ring is 1. The van der Waals surface area contributed by atoms with Crippen LogP contribution in [-0.4, -0.2) is 24.5 Å². The summed E-state index contributed by atoms with van der Waals surface area (Å²) in [6.45, 7) is 8.04. The zero-order valence-corrected chi connectivity index (χ0v) is 13.2. The molecule has 1 heterocycles. The van der Waals surface area contributed by atoms with Gasteiger partial charge in [0.2, 0.25) is 0 Å². The van der Waals surface area contributed by atoms with Crippen molar-refractivity contribution in [3.8, 4) is 6.07 Å². The smallest absolute Gasteiger partial charge is 0.170 e. The van der Waals surface area contributed by atoms with Crippen molar-refractivity contribution in [1.82, 2.24) is 9.78 Å². The lowest BCUT2D eigenvalue weighted by Gasteiger charge is -2.15. The van der Waals surface area contributed by atoms with Gasteiger partial charge in [0.25, 0.3) is 0 Å². The van der Waals surface area contributed by atoms with E-state index >= 15 is 0 Å². The van der Waals surface area contributed by atoms with Crippen LogP contribution < -0.4 is 5.73 Å². The van der Waals surface area contributed by atoms with Gasteiger partial charge in [0, 0.05) is 25.8 Å². The molecule has 0 aliphatic carbocycles. The fourth-order valence-electron chi connectivity index (χ4n) is 1.91. The van der Waals surface area contributed by atoms with E-state index in [1.807, 2.05) is 12.1 Å². The van der Waals surface area contributed by atoms with E-state index in [9.17, 15) is 0 Å². The first-order valence-electron chi connectivity index (χ1n) is 6.64. The Balaban J connectivity index is 2.13. The Labute approximate surface area is 120 Å². The van der Waals surface area contributed by atoms with E-state index < -0.39 is 8.07 Å². The van der Waals surface area contributed by atoms with Crippen molar-refractivity contribution >= 4 is 24.7 Å². The summed E-state index contributed by atoms with van der Waals surface area (Å²) >= 11 is 0. The van der Waals surface area contributed by atoms with Gasteiger partial charge >= 0.3 is 0 Å². The molecule has 0 saturated carbocycles. The fraction of sp³-hybridized carbons (Fsp3) is 0.429. The molecule has 0 bridgehead atoms.